The number of rotatable bonds is 6. The highest BCUT2D eigenvalue weighted by Gasteiger charge is 2.33. The molecule has 0 unspecified atom stereocenters. The maximum atomic E-state index is 13.2. The van der Waals surface area contributed by atoms with Crippen molar-refractivity contribution in [3.8, 4) is 11.5 Å². The first-order chi connectivity index (χ1) is 13.7. The van der Waals surface area contributed by atoms with Crippen molar-refractivity contribution in [1.82, 2.24) is 4.90 Å². The number of carbonyl (C=O) groups excluding carboxylic acids is 1. The lowest BCUT2D eigenvalue weighted by Gasteiger charge is -2.35. The van der Waals surface area contributed by atoms with Gasteiger partial charge >= 0.3 is 0 Å². The smallest absolute Gasteiger partial charge is 0.223 e. The number of amides is 1. The summed E-state index contributed by atoms with van der Waals surface area (Å²) in [5, 5.41) is 4.23. The van der Waals surface area contributed by atoms with Crippen molar-refractivity contribution in [2.24, 2.45) is 0 Å². The molecule has 2 aromatic heterocycles. The van der Waals surface area contributed by atoms with Gasteiger partial charge < -0.3 is 14.4 Å². The van der Waals surface area contributed by atoms with Gasteiger partial charge in [-0.15, -0.1) is 22.7 Å². The summed E-state index contributed by atoms with van der Waals surface area (Å²) >= 11 is 3.52. The lowest BCUT2D eigenvalue weighted by atomic mass is 9.97. The van der Waals surface area contributed by atoms with Gasteiger partial charge in [0.25, 0.3) is 0 Å². The van der Waals surface area contributed by atoms with Crippen LogP contribution in [0.15, 0.2) is 47.2 Å². The van der Waals surface area contributed by atoms with Crippen molar-refractivity contribution < 1.29 is 14.3 Å². The Labute approximate surface area is 173 Å². The van der Waals surface area contributed by atoms with Crippen LogP contribution in [0.1, 0.15) is 33.3 Å². The maximum absolute atomic E-state index is 13.2. The van der Waals surface area contributed by atoms with E-state index in [1.54, 1.807) is 36.9 Å². The van der Waals surface area contributed by atoms with Crippen molar-refractivity contribution in [3.63, 3.8) is 0 Å². The second-order valence-corrected chi connectivity index (χ2v) is 8.76. The number of thiophene rings is 2. The fourth-order valence-corrected chi connectivity index (χ4v) is 5.50. The molecule has 0 aliphatic carbocycles. The number of carbonyl (C=O) groups is 1. The van der Waals surface area contributed by atoms with Crippen molar-refractivity contribution in [2.45, 2.75) is 25.3 Å². The van der Waals surface area contributed by atoms with E-state index in [-0.39, 0.29) is 11.9 Å². The monoisotopic (exact) mass is 413 g/mol. The molecule has 3 heterocycles. The highest BCUT2D eigenvalue weighted by molar-refractivity contribution is 7.10. The lowest BCUT2D eigenvalue weighted by Crippen LogP contribution is -2.39. The quantitative estimate of drug-likeness (QED) is 0.575. The molecule has 1 aliphatic heterocycles. The zero-order valence-corrected chi connectivity index (χ0v) is 17.6. The molecule has 1 atom stereocenters. The number of hydrogen-bond donors (Lipinski definition) is 0. The highest BCUT2D eigenvalue weighted by atomic mass is 32.1. The van der Waals surface area contributed by atoms with Gasteiger partial charge in [-0.2, -0.15) is 0 Å². The van der Waals surface area contributed by atoms with Crippen LogP contribution >= 0.6 is 22.7 Å². The third-order valence-electron chi connectivity index (χ3n) is 5.14. The molecule has 1 amide bonds. The van der Waals surface area contributed by atoms with Crippen LogP contribution in [-0.2, 0) is 17.6 Å². The average molecular weight is 414 g/mol. The van der Waals surface area contributed by atoms with E-state index in [4.69, 9.17) is 9.47 Å². The third kappa shape index (κ3) is 3.80. The van der Waals surface area contributed by atoms with Crippen LogP contribution < -0.4 is 9.47 Å². The molecule has 146 valence electrons. The minimum Gasteiger partial charge on any atom is -0.497 e. The summed E-state index contributed by atoms with van der Waals surface area (Å²) in [6, 6.07) is 12.2. The summed E-state index contributed by atoms with van der Waals surface area (Å²) in [7, 11) is 3.28. The first-order valence-corrected chi connectivity index (χ1v) is 11.1. The van der Waals surface area contributed by atoms with Crippen molar-refractivity contribution in [3.05, 3.63) is 68.0 Å². The van der Waals surface area contributed by atoms with E-state index in [9.17, 15) is 4.79 Å². The predicted octanol–water partition coefficient (Wildman–Crippen LogP) is 4.93. The van der Waals surface area contributed by atoms with Crippen LogP contribution in [-0.4, -0.2) is 31.6 Å². The molecule has 6 heteroatoms. The lowest BCUT2D eigenvalue weighted by molar-refractivity contribution is -0.133. The van der Waals surface area contributed by atoms with E-state index in [1.807, 2.05) is 18.2 Å². The Hall–Kier alpha value is -2.31. The number of methoxy groups -OCH3 is 2. The van der Waals surface area contributed by atoms with Crippen LogP contribution in [0, 0.1) is 0 Å². The predicted molar refractivity (Wildman–Crippen MR) is 114 cm³/mol. The number of fused-ring (bicyclic) bond motifs is 1. The summed E-state index contributed by atoms with van der Waals surface area (Å²) in [6.07, 6.45) is 2.07. The van der Waals surface area contributed by atoms with Crippen molar-refractivity contribution in [2.75, 3.05) is 20.8 Å². The molecule has 0 N–H and O–H groups in total. The maximum Gasteiger partial charge on any atom is 0.223 e. The Balaban J connectivity index is 1.53. The fourth-order valence-electron chi connectivity index (χ4n) is 3.74. The van der Waals surface area contributed by atoms with E-state index in [1.165, 1.54) is 15.3 Å². The minimum absolute atomic E-state index is 0.0438. The Bertz CT molecular complexity index is 926. The van der Waals surface area contributed by atoms with Gasteiger partial charge in [0.1, 0.15) is 11.5 Å². The average Bonchev–Trinajstić information content (AvgIpc) is 3.42. The summed E-state index contributed by atoms with van der Waals surface area (Å²) in [4.78, 5) is 17.9. The number of ether oxygens (including phenoxy) is 2. The van der Waals surface area contributed by atoms with Crippen LogP contribution in [0.2, 0.25) is 0 Å². The van der Waals surface area contributed by atoms with Gasteiger partial charge in [-0.25, -0.2) is 0 Å². The molecule has 0 radical (unpaired) electrons. The largest absolute Gasteiger partial charge is 0.497 e. The molecule has 0 saturated carbocycles. The molecular weight excluding hydrogens is 390 g/mol. The zero-order valence-electron chi connectivity index (χ0n) is 16.0. The van der Waals surface area contributed by atoms with Crippen LogP contribution in [0.25, 0.3) is 0 Å². The van der Waals surface area contributed by atoms with E-state index < -0.39 is 0 Å². The number of nitrogens with zero attached hydrogens (tertiary/aromatic N) is 1. The van der Waals surface area contributed by atoms with Crippen LogP contribution in [0.5, 0.6) is 11.5 Å². The number of benzene rings is 1. The molecule has 4 nitrogen and oxygen atoms in total. The molecule has 0 spiro atoms. The van der Waals surface area contributed by atoms with Crippen molar-refractivity contribution in [1.29, 1.82) is 0 Å². The van der Waals surface area contributed by atoms with Gasteiger partial charge in [-0.3, -0.25) is 4.79 Å². The van der Waals surface area contributed by atoms with Crippen LogP contribution in [0.3, 0.4) is 0 Å². The van der Waals surface area contributed by atoms with Crippen LogP contribution in [0.4, 0.5) is 0 Å². The van der Waals surface area contributed by atoms with Gasteiger partial charge in [-0.1, -0.05) is 6.07 Å². The second kappa shape index (κ2) is 8.37. The molecule has 0 saturated heterocycles. The SMILES string of the molecule is COc1cc(CCC(=O)N2CCc3sccc3[C@H]2c2cccs2)cc(OC)c1. The van der Waals surface area contributed by atoms with E-state index in [0.717, 1.165) is 30.0 Å². The molecule has 3 aromatic rings. The van der Waals surface area contributed by atoms with E-state index in [0.29, 0.717) is 12.8 Å². The molecule has 1 aliphatic rings. The highest BCUT2D eigenvalue weighted by Crippen LogP contribution is 2.39. The molecule has 4 rings (SSSR count). The van der Waals surface area contributed by atoms with Gasteiger partial charge in [0, 0.05) is 28.8 Å². The van der Waals surface area contributed by atoms with Crippen molar-refractivity contribution >= 4 is 28.6 Å². The Morgan fingerprint density at radius 3 is 2.57 bits per heavy atom. The summed E-state index contributed by atoms with van der Waals surface area (Å²) < 4.78 is 10.7. The summed E-state index contributed by atoms with van der Waals surface area (Å²) in [6.45, 7) is 0.774. The third-order valence-corrected chi connectivity index (χ3v) is 7.06. The summed E-state index contributed by atoms with van der Waals surface area (Å²) in [5.41, 5.74) is 2.33. The normalized spacial score (nSPS) is 15.9. The Morgan fingerprint density at radius 1 is 1.11 bits per heavy atom. The first-order valence-electron chi connectivity index (χ1n) is 9.30. The van der Waals surface area contributed by atoms with Gasteiger partial charge in [-0.05, 0) is 59.0 Å². The number of aryl methyl sites for hydroxylation is 1. The molecule has 0 fully saturated rings. The topological polar surface area (TPSA) is 38.8 Å². The van der Waals surface area contributed by atoms with Gasteiger partial charge in [0.15, 0.2) is 0 Å². The van der Waals surface area contributed by atoms with Gasteiger partial charge in [0.2, 0.25) is 5.91 Å². The molecule has 1 aromatic carbocycles. The first kappa shape index (κ1) is 19.0. The second-order valence-electron chi connectivity index (χ2n) is 6.78. The molecule has 0 bridgehead atoms. The Morgan fingerprint density at radius 2 is 1.89 bits per heavy atom. The fraction of sp³-hybridized carbons (Fsp3) is 0.318. The standard InChI is InChI=1S/C22H23NO3S2/c1-25-16-12-15(13-17(14-16)26-2)5-6-21(24)23-9-7-19-18(8-11-28-19)22(23)20-4-3-10-27-20/h3-4,8,10-14,22H,5-7,9H2,1-2H3/t22-/m0/s1. The van der Waals surface area contributed by atoms with Gasteiger partial charge in [0.05, 0.1) is 20.3 Å². The Kier molecular flexibility index (Phi) is 5.69. The molecule has 28 heavy (non-hydrogen) atoms. The minimum atomic E-state index is 0.0438. The van der Waals surface area contributed by atoms with E-state index in [2.05, 4.69) is 33.9 Å². The zero-order chi connectivity index (χ0) is 19.5. The summed E-state index contributed by atoms with van der Waals surface area (Å²) in [5.74, 6) is 1.69. The number of hydrogen-bond acceptors (Lipinski definition) is 5. The molecular formula is C22H23NO3S2. The van der Waals surface area contributed by atoms with E-state index >= 15 is 0 Å².